The van der Waals surface area contributed by atoms with E-state index in [1.807, 2.05) is 24.3 Å². The van der Waals surface area contributed by atoms with E-state index in [-0.39, 0.29) is 10.8 Å². The number of anilines is 1. The number of rotatable bonds is 2. The van der Waals surface area contributed by atoms with Gasteiger partial charge in [0.1, 0.15) is 5.82 Å². The Bertz CT molecular complexity index is 582. The van der Waals surface area contributed by atoms with E-state index in [9.17, 15) is 0 Å². The number of nitrogens with zero attached hydrogens (tertiary/aromatic N) is 2. The minimum absolute atomic E-state index is 0.106. The number of para-hydroxylation sites is 2. The lowest BCUT2D eigenvalue weighted by Crippen LogP contribution is -2.54. The van der Waals surface area contributed by atoms with Gasteiger partial charge in [0.15, 0.2) is 0 Å². The van der Waals surface area contributed by atoms with Crippen molar-refractivity contribution in [2.75, 3.05) is 5.32 Å². The van der Waals surface area contributed by atoms with Gasteiger partial charge in [-0.3, -0.25) is 4.98 Å². The standard InChI is InChI=1S/C14H16ClN3/c1-14(2)11(15)7-12(14)18-13-8-16-9-5-3-4-6-10(9)17-13/h3-6,8,11-12H,7H2,1-2H3,(H,17,18). The first-order valence-corrected chi connectivity index (χ1v) is 6.63. The summed E-state index contributed by atoms with van der Waals surface area (Å²) in [5.74, 6) is 0.829. The van der Waals surface area contributed by atoms with Crippen molar-refractivity contribution in [2.24, 2.45) is 5.41 Å². The second-order valence-corrected chi connectivity index (χ2v) is 5.99. The lowest BCUT2D eigenvalue weighted by Gasteiger charge is -2.49. The predicted molar refractivity (Wildman–Crippen MR) is 75.0 cm³/mol. The molecule has 0 amide bonds. The van der Waals surface area contributed by atoms with Gasteiger partial charge in [-0.25, -0.2) is 4.98 Å². The highest BCUT2D eigenvalue weighted by molar-refractivity contribution is 6.21. The van der Waals surface area contributed by atoms with Crippen LogP contribution in [0.4, 0.5) is 5.82 Å². The zero-order valence-electron chi connectivity index (χ0n) is 10.5. The van der Waals surface area contributed by atoms with Crippen molar-refractivity contribution in [3.63, 3.8) is 0 Å². The first-order valence-electron chi connectivity index (χ1n) is 6.20. The van der Waals surface area contributed by atoms with Crippen LogP contribution in [-0.2, 0) is 0 Å². The van der Waals surface area contributed by atoms with Crippen LogP contribution in [0.5, 0.6) is 0 Å². The third-order valence-corrected chi connectivity index (χ3v) is 4.66. The highest BCUT2D eigenvalue weighted by Gasteiger charge is 2.47. The van der Waals surface area contributed by atoms with Gasteiger partial charge in [-0.05, 0) is 18.6 Å². The molecule has 1 aromatic carbocycles. The van der Waals surface area contributed by atoms with Crippen molar-refractivity contribution in [1.82, 2.24) is 9.97 Å². The molecule has 0 spiro atoms. The van der Waals surface area contributed by atoms with Gasteiger partial charge in [0.25, 0.3) is 0 Å². The SMILES string of the molecule is CC1(C)C(Cl)CC1Nc1cnc2ccccc2n1. The highest BCUT2D eigenvalue weighted by Crippen LogP contribution is 2.45. The molecule has 18 heavy (non-hydrogen) atoms. The fourth-order valence-corrected chi connectivity index (χ4v) is 2.65. The predicted octanol–water partition coefficient (Wildman–Crippen LogP) is 3.45. The van der Waals surface area contributed by atoms with Gasteiger partial charge >= 0.3 is 0 Å². The molecular weight excluding hydrogens is 246 g/mol. The van der Waals surface area contributed by atoms with Crippen molar-refractivity contribution in [1.29, 1.82) is 0 Å². The third kappa shape index (κ3) is 1.83. The molecule has 0 bridgehead atoms. The van der Waals surface area contributed by atoms with Crippen LogP contribution in [0.15, 0.2) is 30.5 Å². The smallest absolute Gasteiger partial charge is 0.145 e. The molecule has 3 nitrogen and oxygen atoms in total. The summed E-state index contributed by atoms with van der Waals surface area (Å²) in [4.78, 5) is 8.97. The van der Waals surface area contributed by atoms with E-state index in [0.29, 0.717) is 6.04 Å². The summed E-state index contributed by atoms with van der Waals surface area (Å²) in [6.07, 6.45) is 2.77. The molecule has 1 heterocycles. The molecule has 2 atom stereocenters. The number of nitrogens with one attached hydrogen (secondary N) is 1. The van der Waals surface area contributed by atoms with E-state index < -0.39 is 0 Å². The second-order valence-electron chi connectivity index (χ2n) is 5.47. The number of aromatic nitrogens is 2. The average Bonchev–Trinajstić information content (AvgIpc) is 2.38. The normalized spacial score (nSPS) is 25.7. The average molecular weight is 262 g/mol. The number of hydrogen-bond donors (Lipinski definition) is 1. The first-order chi connectivity index (χ1) is 8.57. The quantitative estimate of drug-likeness (QED) is 0.842. The Kier molecular flexibility index (Phi) is 2.67. The molecule has 94 valence electrons. The molecular formula is C14H16ClN3. The van der Waals surface area contributed by atoms with Gasteiger partial charge in [0, 0.05) is 16.8 Å². The fraction of sp³-hybridized carbons (Fsp3) is 0.429. The second kappa shape index (κ2) is 4.09. The van der Waals surface area contributed by atoms with Crippen molar-refractivity contribution < 1.29 is 0 Å². The van der Waals surface area contributed by atoms with Crippen LogP contribution in [0.3, 0.4) is 0 Å². The maximum atomic E-state index is 6.22. The van der Waals surface area contributed by atoms with Gasteiger partial charge < -0.3 is 5.32 Å². The minimum Gasteiger partial charge on any atom is -0.365 e. The van der Waals surface area contributed by atoms with Crippen LogP contribution in [-0.4, -0.2) is 21.4 Å². The zero-order chi connectivity index (χ0) is 12.8. The summed E-state index contributed by atoms with van der Waals surface area (Å²) < 4.78 is 0. The van der Waals surface area contributed by atoms with Crippen molar-refractivity contribution in [3.8, 4) is 0 Å². The number of fused-ring (bicyclic) bond motifs is 1. The van der Waals surface area contributed by atoms with Gasteiger partial charge in [-0.15, -0.1) is 11.6 Å². The first kappa shape index (κ1) is 11.7. The van der Waals surface area contributed by atoms with Crippen LogP contribution >= 0.6 is 11.6 Å². The molecule has 1 aromatic heterocycles. The van der Waals surface area contributed by atoms with E-state index in [0.717, 1.165) is 23.3 Å². The lowest BCUT2D eigenvalue weighted by atomic mass is 9.67. The number of halogens is 1. The maximum Gasteiger partial charge on any atom is 0.145 e. The van der Waals surface area contributed by atoms with Crippen LogP contribution < -0.4 is 5.32 Å². The number of hydrogen-bond acceptors (Lipinski definition) is 3. The summed E-state index contributed by atoms with van der Waals surface area (Å²) in [5.41, 5.74) is 1.95. The van der Waals surface area contributed by atoms with Crippen molar-refractivity contribution in [2.45, 2.75) is 31.7 Å². The van der Waals surface area contributed by atoms with E-state index in [2.05, 4.69) is 29.1 Å². The van der Waals surface area contributed by atoms with Crippen LogP contribution in [0.25, 0.3) is 11.0 Å². The monoisotopic (exact) mass is 261 g/mol. The molecule has 0 radical (unpaired) electrons. The topological polar surface area (TPSA) is 37.8 Å². The Labute approximate surface area is 112 Å². The van der Waals surface area contributed by atoms with Gasteiger partial charge in [-0.1, -0.05) is 26.0 Å². The molecule has 1 N–H and O–H groups in total. The fourth-order valence-electron chi connectivity index (χ4n) is 2.32. The van der Waals surface area contributed by atoms with Crippen molar-refractivity contribution in [3.05, 3.63) is 30.5 Å². The summed E-state index contributed by atoms with van der Waals surface area (Å²) in [7, 11) is 0. The zero-order valence-corrected chi connectivity index (χ0v) is 11.3. The molecule has 2 aromatic rings. The molecule has 1 aliphatic rings. The maximum absolute atomic E-state index is 6.22. The molecule has 2 unspecified atom stereocenters. The number of benzene rings is 1. The molecule has 0 aliphatic heterocycles. The summed E-state index contributed by atoms with van der Waals surface area (Å²) in [6, 6.07) is 8.26. The molecule has 3 rings (SSSR count). The molecule has 4 heteroatoms. The Morgan fingerprint density at radius 3 is 2.67 bits per heavy atom. The van der Waals surface area contributed by atoms with Crippen LogP contribution in [0.1, 0.15) is 20.3 Å². The van der Waals surface area contributed by atoms with Crippen molar-refractivity contribution >= 4 is 28.5 Å². The van der Waals surface area contributed by atoms with Gasteiger partial charge in [-0.2, -0.15) is 0 Å². The Morgan fingerprint density at radius 2 is 2.00 bits per heavy atom. The molecule has 1 saturated carbocycles. The summed E-state index contributed by atoms with van der Waals surface area (Å²) in [5, 5.41) is 3.67. The van der Waals surface area contributed by atoms with E-state index in [4.69, 9.17) is 11.6 Å². The van der Waals surface area contributed by atoms with E-state index >= 15 is 0 Å². The van der Waals surface area contributed by atoms with Crippen LogP contribution in [0, 0.1) is 5.41 Å². The van der Waals surface area contributed by atoms with E-state index in [1.165, 1.54) is 0 Å². The Morgan fingerprint density at radius 1 is 1.28 bits per heavy atom. The Hall–Kier alpha value is -1.35. The Balaban J connectivity index is 1.83. The largest absolute Gasteiger partial charge is 0.365 e. The van der Waals surface area contributed by atoms with E-state index in [1.54, 1.807) is 6.20 Å². The number of alkyl halides is 1. The summed E-state index contributed by atoms with van der Waals surface area (Å²) >= 11 is 6.22. The van der Waals surface area contributed by atoms with Crippen LogP contribution in [0.2, 0.25) is 0 Å². The highest BCUT2D eigenvalue weighted by atomic mass is 35.5. The van der Waals surface area contributed by atoms with Gasteiger partial charge in [0.05, 0.1) is 17.2 Å². The minimum atomic E-state index is 0.106. The molecule has 1 fully saturated rings. The summed E-state index contributed by atoms with van der Waals surface area (Å²) in [6.45, 7) is 4.36. The third-order valence-electron chi connectivity index (χ3n) is 3.92. The molecule has 0 saturated heterocycles. The van der Waals surface area contributed by atoms with Gasteiger partial charge in [0.2, 0.25) is 0 Å². The lowest BCUT2D eigenvalue weighted by molar-refractivity contribution is 0.168. The molecule has 1 aliphatic carbocycles.